The van der Waals surface area contributed by atoms with E-state index in [0.717, 1.165) is 48.9 Å². The molecule has 2 aromatic carbocycles. The highest BCUT2D eigenvalue weighted by molar-refractivity contribution is 5.62. The molecule has 4 rings (SSSR count). The molecule has 2 heterocycles. The van der Waals surface area contributed by atoms with Crippen LogP contribution in [-0.2, 0) is 0 Å². The van der Waals surface area contributed by atoms with Crippen molar-refractivity contribution in [3.63, 3.8) is 0 Å². The third-order valence-electron chi connectivity index (χ3n) is 4.52. The minimum absolute atomic E-state index is 0.197. The molecule has 1 saturated heterocycles. The second-order valence-electron chi connectivity index (χ2n) is 6.08. The van der Waals surface area contributed by atoms with Gasteiger partial charge in [0.1, 0.15) is 18.0 Å². The Morgan fingerprint density at radius 1 is 0.760 bits per heavy atom. The number of hydrogen-bond donors (Lipinski definition) is 0. The van der Waals surface area contributed by atoms with E-state index >= 15 is 0 Å². The summed E-state index contributed by atoms with van der Waals surface area (Å²) in [5.74, 6) is 0.754. The molecule has 5 heteroatoms. The number of nitrogens with zero attached hydrogens (tertiary/aromatic N) is 4. The Kier molecular flexibility index (Phi) is 4.29. The number of anilines is 2. The van der Waals surface area contributed by atoms with E-state index < -0.39 is 0 Å². The molecule has 0 atom stereocenters. The lowest BCUT2D eigenvalue weighted by atomic mass is 10.1. The zero-order chi connectivity index (χ0) is 17.1. The van der Waals surface area contributed by atoms with Gasteiger partial charge >= 0.3 is 0 Å². The SMILES string of the molecule is Fc1ccc(N2CCN(c3cc(-c4ccccc4)ncn3)CC2)cc1. The number of halogens is 1. The van der Waals surface area contributed by atoms with Crippen LogP contribution in [0.25, 0.3) is 11.3 Å². The second kappa shape index (κ2) is 6.89. The Bertz CT molecular complexity index is 828. The zero-order valence-corrected chi connectivity index (χ0v) is 13.8. The quantitative estimate of drug-likeness (QED) is 0.732. The van der Waals surface area contributed by atoms with Gasteiger partial charge in [-0.15, -0.1) is 0 Å². The summed E-state index contributed by atoms with van der Waals surface area (Å²) in [5.41, 5.74) is 3.09. The lowest BCUT2D eigenvalue weighted by Gasteiger charge is -2.36. The van der Waals surface area contributed by atoms with Crippen LogP contribution >= 0.6 is 0 Å². The van der Waals surface area contributed by atoms with E-state index in [4.69, 9.17) is 0 Å². The van der Waals surface area contributed by atoms with Crippen LogP contribution in [0.1, 0.15) is 0 Å². The largest absolute Gasteiger partial charge is 0.368 e. The van der Waals surface area contributed by atoms with Gasteiger partial charge in [-0.05, 0) is 24.3 Å². The van der Waals surface area contributed by atoms with E-state index in [0.29, 0.717) is 0 Å². The lowest BCUT2D eigenvalue weighted by Crippen LogP contribution is -2.46. The first kappa shape index (κ1) is 15.6. The van der Waals surface area contributed by atoms with Crippen molar-refractivity contribution in [3.05, 3.63) is 72.8 Å². The maximum absolute atomic E-state index is 13.1. The fourth-order valence-electron chi connectivity index (χ4n) is 3.13. The van der Waals surface area contributed by atoms with Gasteiger partial charge in [-0.1, -0.05) is 30.3 Å². The van der Waals surface area contributed by atoms with Crippen molar-refractivity contribution in [2.24, 2.45) is 0 Å². The van der Waals surface area contributed by atoms with Crippen LogP contribution in [0.4, 0.5) is 15.9 Å². The first-order valence-electron chi connectivity index (χ1n) is 8.42. The standard InChI is InChI=1S/C20H19FN4/c21-17-6-8-18(9-7-17)24-10-12-25(13-11-24)20-14-19(22-15-23-20)16-4-2-1-3-5-16/h1-9,14-15H,10-13H2. The van der Waals surface area contributed by atoms with Gasteiger partial charge in [0.15, 0.2) is 0 Å². The van der Waals surface area contributed by atoms with E-state index in [1.165, 1.54) is 12.1 Å². The van der Waals surface area contributed by atoms with E-state index in [-0.39, 0.29) is 5.82 Å². The summed E-state index contributed by atoms with van der Waals surface area (Å²) >= 11 is 0. The Balaban J connectivity index is 1.47. The molecule has 0 aliphatic carbocycles. The van der Waals surface area contributed by atoms with E-state index in [1.807, 2.05) is 36.4 Å². The molecule has 126 valence electrons. The molecule has 0 amide bonds. The Hall–Kier alpha value is -2.95. The third kappa shape index (κ3) is 3.45. The van der Waals surface area contributed by atoms with Crippen LogP contribution in [0.2, 0.25) is 0 Å². The van der Waals surface area contributed by atoms with E-state index in [9.17, 15) is 4.39 Å². The molecule has 0 spiro atoms. The highest BCUT2D eigenvalue weighted by Gasteiger charge is 2.19. The van der Waals surface area contributed by atoms with Crippen LogP contribution in [0.5, 0.6) is 0 Å². The molecule has 1 aromatic heterocycles. The summed E-state index contributed by atoms with van der Waals surface area (Å²) in [6.07, 6.45) is 1.63. The molecule has 1 aliphatic heterocycles. The number of benzene rings is 2. The number of hydrogen-bond acceptors (Lipinski definition) is 4. The van der Waals surface area contributed by atoms with Gasteiger partial charge in [0.25, 0.3) is 0 Å². The van der Waals surface area contributed by atoms with E-state index in [1.54, 1.807) is 6.33 Å². The van der Waals surface area contributed by atoms with Gasteiger partial charge in [0, 0.05) is 43.5 Å². The number of rotatable bonds is 3. The summed E-state index contributed by atoms with van der Waals surface area (Å²) in [6.45, 7) is 3.53. The van der Waals surface area contributed by atoms with Crippen molar-refractivity contribution in [1.29, 1.82) is 0 Å². The van der Waals surface area contributed by atoms with Crippen molar-refractivity contribution >= 4 is 11.5 Å². The summed E-state index contributed by atoms with van der Waals surface area (Å²) < 4.78 is 13.1. The van der Waals surface area contributed by atoms with Crippen molar-refractivity contribution < 1.29 is 4.39 Å². The molecule has 3 aromatic rings. The Labute approximate surface area is 146 Å². The minimum Gasteiger partial charge on any atom is -0.368 e. The highest BCUT2D eigenvalue weighted by Crippen LogP contribution is 2.23. The van der Waals surface area contributed by atoms with Gasteiger partial charge in [-0.2, -0.15) is 0 Å². The maximum Gasteiger partial charge on any atom is 0.132 e. The topological polar surface area (TPSA) is 32.3 Å². The Morgan fingerprint density at radius 3 is 2.16 bits per heavy atom. The molecule has 1 fully saturated rings. The summed E-state index contributed by atoms with van der Waals surface area (Å²) in [5, 5.41) is 0. The predicted molar refractivity (Wildman–Crippen MR) is 98.3 cm³/mol. The summed E-state index contributed by atoms with van der Waals surface area (Å²) in [6, 6.07) is 18.9. The molecular weight excluding hydrogens is 315 g/mol. The fraction of sp³-hybridized carbons (Fsp3) is 0.200. The first-order chi connectivity index (χ1) is 12.3. The van der Waals surface area contributed by atoms with Gasteiger partial charge < -0.3 is 9.80 Å². The van der Waals surface area contributed by atoms with Gasteiger partial charge in [0.05, 0.1) is 5.69 Å². The normalized spacial score (nSPS) is 14.6. The molecule has 0 saturated carbocycles. The van der Waals surface area contributed by atoms with Crippen molar-refractivity contribution in [2.45, 2.75) is 0 Å². The average Bonchev–Trinajstić information content (AvgIpc) is 2.70. The van der Waals surface area contributed by atoms with Crippen molar-refractivity contribution in [1.82, 2.24) is 9.97 Å². The van der Waals surface area contributed by atoms with Gasteiger partial charge in [0.2, 0.25) is 0 Å². The zero-order valence-electron chi connectivity index (χ0n) is 13.8. The monoisotopic (exact) mass is 334 g/mol. The fourth-order valence-corrected chi connectivity index (χ4v) is 3.13. The first-order valence-corrected chi connectivity index (χ1v) is 8.42. The van der Waals surface area contributed by atoms with Crippen LogP contribution in [0.3, 0.4) is 0 Å². The van der Waals surface area contributed by atoms with Crippen LogP contribution in [0, 0.1) is 5.82 Å². The lowest BCUT2D eigenvalue weighted by molar-refractivity contribution is 0.624. The molecule has 25 heavy (non-hydrogen) atoms. The smallest absolute Gasteiger partial charge is 0.132 e. The molecule has 0 radical (unpaired) electrons. The summed E-state index contributed by atoms with van der Waals surface area (Å²) in [7, 11) is 0. The molecule has 0 bridgehead atoms. The number of aromatic nitrogens is 2. The van der Waals surface area contributed by atoms with Crippen molar-refractivity contribution in [3.8, 4) is 11.3 Å². The number of piperazine rings is 1. The second-order valence-corrected chi connectivity index (χ2v) is 6.08. The van der Waals surface area contributed by atoms with Gasteiger partial charge in [-0.3, -0.25) is 0 Å². The molecule has 1 aliphatic rings. The molecule has 0 N–H and O–H groups in total. The third-order valence-corrected chi connectivity index (χ3v) is 4.52. The van der Waals surface area contributed by atoms with Crippen LogP contribution in [0.15, 0.2) is 67.0 Å². The molecule has 0 unspecified atom stereocenters. The summed E-state index contributed by atoms with van der Waals surface area (Å²) in [4.78, 5) is 13.4. The highest BCUT2D eigenvalue weighted by atomic mass is 19.1. The minimum atomic E-state index is -0.197. The van der Waals surface area contributed by atoms with Gasteiger partial charge in [-0.25, -0.2) is 14.4 Å². The van der Waals surface area contributed by atoms with E-state index in [2.05, 4.69) is 31.9 Å². The Morgan fingerprint density at radius 2 is 1.44 bits per heavy atom. The predicted octanol–water partition coefficient (Wildman–Crippen LogP) is 3.61. The molecular formula is C20H19FN4. The van der Waals surface area contributed by atoms with Crippen LogP contribution < -0.4 is 9.80 Å². The molecule has 4 nitrogen and oxygen atoms in total. The average molecular weight is 334 g/mol. The maximum atomic E-state index is 13.1. The van der Waals surface area contributed by atoms with Crippen LogP contribution in [-0.4, -0.2) is 36.1 Å². The van der Waals surface area contributed by atoms with Crippen molar-refractivity contribution in [2.75, 3.05) is 36.0 Å².